The zero-order valence-corrected chi connectivity index (χ0v) is 16.9. The molecule has 11 heteroatoms. The van der Waals surface area contributed by atoms with Crippen LogP contribution < -0.4 is 15.4 Å². The highest BCUT2D eigenvalue weighted by atomic mass is 35.5. The van der Waals surface area contributed by atoms with Crippen molar-refractivity contribution in [2.24, 2.45) is 5.92 Å². The number of nitro benzene ring substituents is 1. The number of carbonyl (C=O) groups excluding carboxylic acids is 1. The molecule has 9 nitrogen and oxygen atoms in total. The zero-order chi connectivity index (χ0) is 19.4. The molecule has 1 aromatic carbocycles. The maximum atomic E-state index is 12.3. The lowest BCUT2D eigenvalue weighted by Crippen LogP contribution is -2.40. The minimum Gasteiger partial charge on any atom is -0.355 e. The van der Waals surface area contributed by atoms with Gasteiger partial charge in [-0.2, -0.15) is 0 Å². The quantitative estimate of drug-likeness (QED) is 0.322. The number of nitro groups is 1. The number of amides is 1. The number of nitrogens with one attached hydrogen (secondary N) is 3. The standard InChI is InChI=1S/C17H24N4O5S.ClH/c22-17(11-12-9-13-5-6-14(10-12)20-13)18-7-8-19-27(25,26)16-4-2-1-3-15(16)21(23)24;/h1-4,12-14,19-20H,5-11H2,(H,18,22);1H. The van der Waals surface area contributed by atoms with E-state index in [4.69, 9.17) is 0 Å². The van der Waals surface area contributed by atoms with Gasteiger partial charge in [0, 0.05) is 37.7 Å². The van der Waals surface area contributed by atoms with Crippen molar-refractivity contribution in [3.05, 3.63) is 34.4 Å². The molecule has 2 atom stereocenters. The molecule has 2 bridgehead atoms. The van der Waals surface area contributed by atoms with Gasteiger partial charge in [0.15, 0.2) is 4.90 Å². The molecule has 0 aliphatic carbocycles. The molecule has 2 heterocycles. The summed E-state index contributed by atoms with van der Waals surface area (Å²) in [7, 11) is -4.02. The lowest BCUT2D eigenvalue weighted by Gasteiger charge is -2.28. The summed E-state index contributed by atoms with van der Waals surface area (Å²) in [5.41, 5.74) is -0.477. The fraction of sp³-hybridized carbons (Fsp3) is 0.588. The van der Waals surface area contributed by atoms with Crippen molar-refractivity contribution in [3.63, 3.8) is 0 Å². The summed E-state index contributed by atoms with van der Waals surface area (Å²) in [6.07, 6.45) is 4.82. The molecule has 0 saturated carbocycles. The second-order valence-corrected chi connectivity index (χ2v) is 8.89. The van der Waals surface area contributed by atoms with Gasteiger partial charge in [0.05, 0.1) is 4.92 Å². The summed E-state index contributed by atoms with van der Waals surface area (Å²) in [4.78, 5) is 21.9. The van der Waals surface area contributed by atoms with E-state index in [0.717, 1.165) is 18.9 Å². The van der Waals surface area contributed by atoms with E-state index >= 15 is 0 Å². The molecule has 1 aromatic rings. The molecule has 2 saturated heterocycles. The largest absolute Gasteiger partial charge is 0.355 e. The van der Waals surface area contributed by atoms with Crippen molar-refractivity contribution in [2.75, 3.05) is 13.1 Å². The van der Waals surface area contributed by atoms with E-state index in [1.807, 2.05) is 0 Å². The molecule has 1 amide bonds. The fourth-order valence-corrected chi connectivity index (χ4v) is 5.18. The molecule has 156 valence electrons. The van der Waals surface area contributed by atoms with Gasteiger partial charge in [-0.1, -0.05) is 12.1 Å². The van der Waals surface area contributed by atoms with Gasteiger partial charge in [-0.05, 0) is 37.7 Å². The number of carbonyl (C=O) groups is 1. The molecule has 0 spiro atoms. The number of para-hydroxylation sites is 1. The number of rotatable bonds is 8. The fourth-order valence-electron chi connectivity index (χ4n) is 3.98. The van der Waals surface area contributed by atoms with Crippen LogP contribution in [0.25, 0.3) is 0 Å². The van der Waals surface area contributed by atoms with Gasteiger partial charge < -0.3 is 10.6 Å². The molecule has 2 fully saturated rings. The van der Waals surface area contributed by atoms with Crippen molar-refractivity contribution in [1.82, 2.24) is 15.4 Å². The summed E-state index contributed by atoms with van der Waals surface area (Å²) >= 11 is 0. The smallest absolute Gasteiger partial charge is 0.289 e. The van der Waals surface area contributed by atoms with Crippen LogP contribution >= 0.6 is 12.4 Å². The van der Waals surface area contributed by atoms with E-state index in [1.54, 1.807) is 0 Å². The lowest BCUT2D eigenvalue weighted by atomic mass is 9.89. The van der Waals surface area contributed by atoms with Gasteiger partial charge in [0.25, 0.3) is 5.69 Å². The molecule has 3 rings (SSSR count). The Morgan fingerprint density at radius 2 is 1.82 bits per heavy atom. The Morgan fingerprint density at radius 3 is 2.46 bits per heavy atom. The Bertz CT molecular complexity index is 808. The first kappa shape index (κ1) is 22.5. The van der Waals surface area contributed by atoms with Crippen molar-refractivity contribution in [3.8, 4) is 0 Å². The molecular weight excluding hydrogens is 408 g/mol. The van der Waals surface area contributed by atoms with Gasteiger partial charge in [-0.25, -0.2) is 13.1 Å². The maximum absolute atomic E-state index is 12.3. The van der Waals surface area contributed by atoms with Crippen LogP contribution in [0.1, 0.15) is 32.1 Å². The monoisotopic (exact) mass is 432 g/mol. The third-order valence-corrected chi connectivity index (χ3v) is 6.64. The third kappa shape index (κ3) is 5.63. The Labute approximate surface area is 170 Å². The van der Waals surface area contributed by atoms with Gasteiger partial charge in [0.1, 0.15) is 0 Å². The summed E-state index contributed by atoms with van der Waals surface area (Å²) in [5.74, 6) is 0.276. The highest BCUT2D eigenvalue weighted by Crippen LogP contribution is 2.32. The van der Waals surface area contributed by atoms with Crippen LogP contribution in [0.2, 0.25) is 0 Å². The number of hydrogen-bond donors (Lipinski definition) is 3. The van der Waals surface area contributed by atoms with E-state index in [2.05, 4.69) is 15.4 Å². The topological polar surface area (TPSA) is 130 Å². The maximum Gasteiger partial charge on any atom is 0.289 e. The molecule has 0 aromatic heterocycles. The van der Waals surface area contributed by atoms with E-state index in [1.165, 1.54) is 31.0 Å². The summed E-state index contributed by atoms with van der Waals surface area (Å²) < 4.78 is 26.8. The number of benzene rings is 1. The SMILES string of the molecule is Cl.O=C(CC1CC2CCC(C1)N2)NCCNS(=O)(=O)c1ccccc1[N+](=O)[O-]. The average Bonchev–Trinajstić information content (AvgIpc) is 2.97. The molecule has 2 aliphatic rings. The van der Waals surface area contributed by atoms with Crippen LogP contribution in [0.5, 0.6) is 0 Å². The molecule has 2 unspecified atom stereocenters. The highest BCUT2D eigenvalue weighted by Gasteiger charge is 2.34. The molecule has 0 radical (unpaired) electrons. The van der Waals surface area contributed by atoms with Crippen LogP contribution in [0, 0.1) is 16.0 Å². The molecule has 3 N–H and O–H groups in total. The average molecular weight is 433 g/mol. The van der Waals surface area contributed by atoms with E-state index < -0.39 is 20.6 Å². The Morgan fingerprint density at radius 1 is 1.18 bits per heavy atom. The third-order valence-electron chi connectivity index (χ3n) is 5.14. The van der Waals surface area contributed by atoms with Gasteiger partial charge in [-0.15, -0.1) is 12.4 Å². The highest BCUT2D eigenvalue weighted by molar-refractivity contribution is 7.89. The number of piperidine rings is 1. The van der Waals surface area contributed by atoms with Crippen molar-refractivity contribution in [1.29, 1.82) is 0 Å². The Balaban J connectivity index is 0.00000280. The Kier molecular flexibility index (Phi) is 7.76. The van der Waals surface area contributed by atoms with Crippen LogP contribution in [0.15, 0.2) is 29.2 Å². The predicted octanol–water partition coefficient (Wildman–Crippen LogP) is 1.33. The van der Waals surface area contributed by atoms with Crippen molar-refractivity contribution in [2.45, 2.75) is 49.1 Å². The van der Waals surface area contributed by atoms with Crippen LogP contribution in [-0.2, 0) is 14.8 Å². The van der Waals surface area contributed by atoms with Crippen LogP contribution in [-0.4, -0.2) is 44.4 Å². The zero-order valence-electron chi connectivity index (χ0n) is 15.3. The van der Waals surface area contributed by atoms with Gasteiger partial charge in [0.2, 0.25) is 15.9 Å². The minimum absolute atomic E-state index is 0. The molecule has 2 aliphatic heterocycles. The molecular formula is C17H25ClN4O5S. The number of nitrogens with zero attached hydrogens (tertiary/aromatic N) is 1. The molecule has 28 heavy (non-hydrogen) atoms. The first-order chi connectivity index (χ1) is 12.8. The lowest BCUT2D eigenvalue weighted by molar-refractivity contribution is -0.387. The number of sulfonamides is 1. The van der Waals surface area contributed by atoms with Gasteiger partial charge >= 0.3 is 0 Å². The van der Waals surface area contributed by atoms with Crippen molar-refractivity contribution < 1.29 is 18.1 Å². The predicted molar refractivity (Wildman–Crippen MR) is 106 cm³/mol. The number of fused-ring (bicyclic) bond motifs is 2. The summed E-state index contributed by atoms with van der Waals surface area (Å²) in [6.45, 7) is 0.105. The minimum atomic E-state index is -4.02. The number of hydrogen-bond acceptors (Lipinski definition) is 6. The summed E-state index contributed by atoms with van der Waals surface area (Å²) in [5, 5.41) is 17.2. The Hall–Kier alpha value is -1.75. The van der Waals surface area contributed by atoms with Crippen molar-refractivity contribution >= 4 is 34.0 Å². The van der Waals surface area contributed by atoms with Gasteiger partial charge in [-0.3, -0.25) is 14.9 Å². The first-order valence-corrected chi connectivity index (χ1v) is 10.6. The van der Waals surface area contributed by atoms with Crippen LogP contribution in [0.4, 0.5) is 5.69 Å². The van der Waals surface area contributed by atoms with E-state index in [-0.39, 0.29) is 36.3 Å². The second-order valence-electron chi connectivity index (χ2n) is 7.15. The summed E-state index contributed by atoms with van der Waals surface area (Å²) in [6, 6.07) is 6.21. The van der Waals surface area contributed by atoms with E-state index in [0.29, 0.717) is 24.4 Å². The van der Waals surface area contributed by atoms with E-state index in [9.17, 15) is 23.3 Å². The van der Waals surface area contributed by atoms with Crippen LogP contribution in [0.3, 0.4) is 0 Å². The normalized spacial score (nSPS) is 23.6. The number of halogens is 1. The second kappa shape index (κ2) is 9.64. The first-order valence-electron chi connectivity index (χ1n) is 9.11.